The fraction of sp³-hybridized carbons (Fsp3) is 0.560. The predicted molar refractivity (Wildman–Crippen MR) is 133 cm³/mol. The molecule has 5 rings (SSSR count). The van der Waals surface area contributed by atoms with Crippen LogP contribution in [-0.4, -0.2) is 86.3 Å². The third-order valence-electron chi connectivity index (χ3n) is 6.73. The molecule has 3 aliphatic rings. The molecule has 1 atom stereocenters. The molecule has 0 unspecified atom stereocenters. The molecule has 2 N–H and O–H groups in total. The topological polar surface area (TPSA) is 101 Å². The Balaban J connectivity index is 1.45. The first-order valence-corrected chi connectivity index (χ1v) is 12.5. The molecule has 0 spiro atoms. The summed E-state index contributed by atoms with van der Waals surface area (Å²) in [4.78, 5) is 26.7. The van der Waals surface area contributed by atoms with Crippen molar-refractivity contribution < 1.29 is 19.0 Å². The molecule has 1 aromatic heterocycles. The molecule has 0 saturated carbocycles. The van der Waals surface area contributed by atoms with Gasteiger partial charge in [-0.1, -0.05) is 0 Å². The van der Waals surface area contributed by atoms with Crippen molar-refractivity contribution in [1.29, 1.82) is 0 Å². The summed E-state index contributed by atoms with van der Waals surface area (Å²) in [7, 11) is 0. The first-order chi connectivity index (χ1) is 17.1. The zero-order valence-corrected chi connectivity index (χ0v) is 20.5. The van der Waals surface area contributed by atoms with Gasteiger partial charge in [-0.2, -0.15) is 0 Å². The lowest BCUT2D eigenvalue weighted by molar-refractivity contribution is -0.0691. The molecule has 10 heteroatoms. The van der Waals surface area contributed by atoms with Crippen LogP contribution in [0.2, 0.25) is 0 Å². The van der Waals surface area contributed by atoms with E-state index in [2.05, 4.69) is 27.4 Å². The molecule has 0 bridgehead atoms. The van der Waals surface area contributed by atoms with E-state index in [0.717, 1.165) is 55.4 Å². The van der Waals surface area contributed by atoms with Crippen LogP contribution in [0.5, 0.6) is 0 Å². The largest absolute Gasteiger partial charge is 0.378 e. The van der Waals surface area contributed by atoms with E-state index in [0.29, 0.717) is 38.8 Å². The van der Waals surface area contributed by atoms with Gasteiger partial charge < -0.3 is 29.7 Å². The van der Waals surface area contributed by atoms with Crippen molar-refractivity contribution in [3.63, 3.8) is 0 Å². The first kappa shape index (κ1) is 23.9. The maximum absolute atomic E-state index is 11.9. The number of amides is 2. The maximum atomic E-state index is 11.9. The summed E-state index contributed by atoms with van der Waals surface area (Å²) < 4.78 is 17.0. The minimum atomic E-state index is -0.218. The van der Waals surface area contributed by atoms with Gasteiger partial charge in [-0.3, -0.25) is 4.90 Å². The fourth-order valence-corrected chi connectivity index (χ4v) is 4.85. The summed E-state index contributed by atoms with van der Waals surface area (Å²) in [5, 5.41) is 5.58. The number of fused-ring (bicyclic) bond motifs is 1. The van der Waals surface area contributed by atoms with E-state index in [1.165, 1.54) is 5.56 Å². The molecule has 1 aromatic carbocycles. The lowest BCUT2D eigenvalue weighted by Gasteiger charge is -2.38. The standard InChI is InChI=1S/C25H34N6O4/c1-3-26-25(32)27-19-6-4-18(5-7-19)23-28-22-17(2)31(16-21-34-14-15-35-21)9-8-20(22)24(29-23)30-10-12-33-13-11-30/h4-7,17,21H,3,8-16H2,1-2H3,(H2,26,27,32)/t17-/m1/s1. The number of rotatable bonds is 6. The molecule has 4 heterocycles. The van der Waals surface area contributed by atoms with Crippen LogP contribution in [-0.2, 0) is 20.6 Å². The Morgan fingerprint density at radius 2 is 1.80 bits per heavy atom. The lowest BCUT2D eigenvalue weighted by atomic mass is 9.98. The van der Waals surface area contributed by atoms with E-state index in [1.54, 1.807) is 0 Å². The smallest absolute Gasteiger partial charge is 0.319 e. The Hall–Kier alpha value is -2.79. The van der Waals surface area contributed by atoms with Crippen molar-refractivity contribution in [3.05, 3.63) is 35.5 Å². The van der Waals surface area contributed by atoms with Crippen LogP contribution in [0, 0.1) is 0 Å². The number of nitrogens with zero attached hydrogens (tertiary/aromatic N) is 4. The normalized spacial score (nSPS) is 21.1. The van der Waals surface area contributed by atoms with Crippen LogP contribution in [0.1, 0.15) is 31.1 Å². The first-order valence-electron chi connectivity index (χ1n) is 12.5. The molecule has 188 valence electrons. The second-order valence-electron chi connectivity index (χ2n) is 8.99. The van der Waals surface area contributed by atoms with E-state index in [4.69, 9.17) is 24.2 Å². The third kappa shape index (κ3) is 5.40. The zero-order valence-electron chi connectivity index (χ0n) is 20.5. The molecule has 10 nitrogen and oxygen atoms in total. The van der Waals surface area contributed by atoms with Crippen LogP contribution >= 0.6 is 0 Å². The monoisotopic (exact) mass is 482 g/mol. The van der Waals surface area contributed by atoms with Crippen molar-refractivity contribution in [2.24, 2.45) is 0 Å². The fourth-order valence-electron chi connectivity index (χ4n) is 4.85. The minimum Gasteiger partial charge on any atom is -0.378 e. The van der Waals surface area contributed by atoms with Gasteiger partial charge >= 0.3 is 6.03 Å². The van der Waals surface area contributed by atoms with Gasteiger partial charge in [0.25, 0.3) is 0 Å². The third-order valence-corrected chi connectivity index (χ3v) is 6.73. The summed E-state index contributed by atoms with van der Waals surface area (Å²) in [6, 6.07) is 7.57. The Labute approximate surface area is 206 Å². The number of anilines is 2. The van der Waals surface area contributed by atoms with Crippen LogP contribution in [0.15, 0.2) is 24.3 Å². The van der Waals surface area contributed by atoms with Crippen molar-refractivity contribution in [2.75, 3.05) is 69.4 Å². The van der Waals surface area contributed by atoms with Crippen LogP contribution in [0.4, 0.5) is 16.3 Å². The lowest BCUT2D eigenvalue weighted by Crippen LogP contribution is -2.42. The summed E-state index contributed by atoms with van der Waals surface area (Å²) in [5.41, 5.74) is 3.92. The highest BCUT2D eigenvalue weighted by molar-refractivity contribution is 5.89. The summed E-state index contributed by atoms with van der Waals surface area (Å²) >= 11 is 0. The average Bonchev–Trinajstić information content (AvgIpc) is 3.40. The van der Waals surface area contributed by atoms with Gasteiger partial charge in [0, 0.05) is 49.0 Å². The Morgan fingerprint density at radius 3 is 2.51 bits per heavy atom. The van der Waals surface area contributed by atoms with Gasteiger partial charge in [-0.05, 0) is 44.5 Å². The van der Waals surface area contributed by atoms with Gasteiger partial charge in [0.05, 0.1) is 38.7 Å². The number of nitrogens with one attached hydrogen (secondary N) is 2. The molecule has 3 aliphatic heterocycles. The van der Waals surface area contributed by atoms with E-state index in [1.807, 2.05) is 31.2 Å². The van der Waals surface area contributed by atoms with E-state index in [9.17, 15) is 4.79 Å². The molecule has 0 aliphatic carbocycles. The summed E-state index contributed by atoms with van der Waals surface area (Å²) in [5.74, 6) is 1.70. The van der Waals surface area contributed by atoms with Crippen molar-refractivity contribution in [2.45, 2.75) is 32.6 Å². The number of morpholine rings is 1. The van der Waals surface area contributed by atoms with Crippen molar-refractivity contribution >= 4 is 17.5 Å². The average molecular weight is 483 g/mol. The van der Waals surface area contributed by atoms with Crippen LogP contribution in [0.3, 0.4) is 0 Å². The number of carbonyl (C=O) groups excluding carboxylic acids is 1. The van der Waals surface area contributed by atoms with Gasteiger partial charge in [0.15, 0.2) is 12.1 Å². The number of carbonyl (C=O) groups is 1. The number of hydrogen-bond acceptors (Lipinski definition) is 8. The number of ether oxygens (including phenoxy) is 3. The highest BCUT2D eigenvalue weighted by atomic mass is 16.7. The van der Waals surface area contributed by atoms with Crippen molar-refractivity contribution in [1.82, 2.24) is 20.2 Å². The maximum Gasteiger partial charge on any atom is 0.319 e. The van der Waals surface area contributed by atoms with Gasteiger partial charge in [0.2, 0.25) is 0 Å². The Morgan fingerprint density at radius 1 is 1.06 bits per heavy atom. The highest BCUT2D eigenvalue weighted by Crippen LogP contribution is 2.36. The van der Waals surface area contributed by atoms with Crippen molar-refractivity contribution in [3.8, 4) is 11.4 Å². The second-order valence-corrected chi connectivity index (χ2v) is 8.99. The molecular weight excluding hydrogens is 448 g/mol. The predicted octanol–water partition coefficient (Wildman–Crippen LogP) is 2.41. The Bertz CT molecular complexity index is 1020. The quantitative estimate of drug-likeness (QED) is 0.648. The number of hydrogen-bond donors (Lipinski definition) is 2. The van der Waals surface area contributed by atoms with Crippen LogP contribution < -0.4 is 15.5 Å². The summed E-state index contributed by atoms with van der Waals surface area (Å²) in [6.45, 7) is 10.7. The molecule has 2 aromatic rings. The number of urea groups is 1. The summed E-state index contributed by atoms with van der Waals surface area (Å²) in [6.07, 6.45) is 0.707. The van der Waals surface area contributed by atoms with E-state index < -0.39 is 0 Å². The van der Waals surface area contributed by atoms with Gasteiger partial charge in [-0.15, -0.1) is 0 Å². The van der Waals surface area contributed by atoms with Gasteiger partial charge in [0.1, 0.15) is 5.82 Å². The van der Waals surface area contributed by atoms with E-state index >= 15 is 0 Å². The molecule has 2 saturated heterocycles. The van der Waals surface area contributed by atoms with Gasteiger partial charge in [-0.25, -0.2) is 14.8 Å². The van der Waals surface area contributed by atoms with Crippen LogP contribution in [0.25, 0.3) is 11.4 Å². The van der Waals surface area contributed by atoms with E-state index in [-0.39, 0.29) is 18.4 Å². The number of benzene rings is 1. The minimum absolute atomic E-state index is 0.117. The molecule has 35 heavy (non-hydrogen) atoms. The highest BCUT2D eigenvalue weighted by Gasteiger charge is 2.33. The second kappa shape index (κ2) is 10.9. The molecule has 2 amide bonds. The zero-order chi connectivity index (χ0) is 24.2. The molecule has 0 radical (unpaired) electrons. The molecule has 2 fully saturated rings. The Kier molecular flexibility index (Phi) is 7.43. The SMILES string of the molecule is CCNC(=O)Nc1ccc(-c2nc3c(c(N4CCOCC4)n2)CCN(CC2OCCO2)[C@@H]3C)cc1. The molecular formula is C25H34N6O4. The number of aromatic nitrogens is 2.